The second-order valence-electron chi connectivity index (χ2n) is 16.3. The number of morpholine rings is 1. The maximum Gasteiger partial charge on any atom is 0.253 e. The fraction of sp³-hybridized carbons (Fsp3) is 0.395. The molecule has 2 fully saturated rings. The molecule has 58 heavy (non-hydrogen) atoms. The third-order valence-electron chi connectivity index (χ3n) is 10.8. The van der Waals surface area contributed by atoms with Crippen LogP contribution < -0.4 is 15.5 Å². The van der Waals surface area contributed by atoms with Crippen LogP contribution in [0.25, 0.3) is 44.6 Å². The highest BCUT2D eigenvalue weighted by Crippen LogP contribution is 2.33. The van der Waals surface area contributed by atoms with Gasteiger partial charge in [0.2, 0.25) is 5.95 Å². The quantitative estimate of drug-likeness (QED) is 0.150. The molecule has 0 aliphatic carbocycles. The van der Waals surface area contributed by atoms with E-state index in [1.807, 2.05) is 42.6 Å². The van der Waals surface area contributed by atoms with Gasteiger partial charge < -0.3 is 35.0 Å². The minimum Gasteiger partial charge on any atom is -0.381 e. The minimum atomic E-state index is -0.621. The summed E-state index contributed by atoms with van der Waals surface area (Å²) in [6.07, 6.45) is 7.07. The van der Waals surface area contributed by atoms with Crippen molar-refractivity contribution >= 4 is 52.1 Å². The number of ether oxygens (including phenoxy) is 2. The van der Waals surface area contributed by atoms with Gasteiger partial charge >= 0.3 is 0 Å². The SMILES string of the molecule is CC1(C)CCCOC1.CC1(C)COCCN1c1cnc2cccc(-c3cc4c([nH]3)CCNC4=O)c2n1.Cl.O=C1NCCc2[nH]c(-c3cccc4ncc(F)nc34)cc21. The molecule has 15 heteroatoms. The van der Waals surface area contributed by atoms with Crippen LogP contribution in [0, 0.1) is 11.4 Å². The Balaban J connectivity index is 0.000000150. The van der Waals surface area contributed by atoms with Crippen molar-refractivity contribution in [3.8, 4) is 22.5 Å². The second kappa shape index (κ2) is 16.8. The average molecular weight is 810 g/mol. The van der Waals surface area contributed by atoms with Gasteiger partial charge in [-0.2, -0.15) is 4.39 Å². The first kappa shape index (κ1) is 40.7. The number of para-hydroxylation sites is 2. The first-order valence-electron chi connectivity index (χ1n) is 19.6. The number of nitrogens with zero attached hydrogens (tertiary/aromatic N) is 5. The lowest BCUT2D eigenvalue weighted by Crippen LogP contribution is -2.53. The summed E-state index contributed by atoms with van der Waals surface area (Å²) in [4.78, 5) is 50.5. The zero-order valence-electron chi connectivity index (χ0n) is 33.2. The summed E-state index contributed by atoms with van der Waals surface area (Å²) >= 11 is 0. The minimum absolute atomic E-state index is 0. The third-order valence-corrected chi connectivity index (χ3v) is 10.8. The highest BCUT2D eigenvalue weighted by Gasteiger charge is 2.32. The molecule has 0 radical (unpaired) electrons. The van der Waals surface area contributed by atoms with Crippen molar-refractivity contribution in [3.05, 3.63) is 89.4 Å². The molecule has 0 saturated carbocycles. The predicted octanol–water partition coefficient (Wildman–Crippen LogP) is 6.82. The van der Waals surface area contributed by atoms with E-state index in [4.69, 9.17) is 14.5 Å². The largest absolute Gasteiger partial charge is 0.381 e. The highest BCUT2D eigenvalue weighted by molar-refractivity contribution is 6.00. The smallest absolute Gasteiger partial charge is 0.253 e. The molecule has 6 aromatic rings. The number of aromatic nitrogens is 6. The van der Waals surface area contributed by atoms with E-state index in [1.54, 1.807) is 12.1 Å². The van der Waals surface area contributed by atoms with Crippen LogP contribution in [0.15, 0.2) is 60.9 Å². The zero-order valence-corrected chi connectivity index (χ0v) is 34.0. The Morgan fingerprint density at radius 2 is 1.29 bits per heavy atom. The zero-order chi connectivity index (χ0) is 39.7. The van der Waals surface area contributed by atoms with E-state index in [0.717, 1.165) is 95.1 Å². The summed E-state index contributed by atoms with van der Waals surface area (Å²) in [5.74, 6) is 0.119. The molecule has 10 rings (SSSR count). The van der Waals surface area contributed by atoms with E-state index < -0.39 is 5.95 Å². The molecule has 4 aromatic heterocycles. The lowest BCUT2D eigenvalue weighted by molar-refractivity contribution is 0.0127. The number of benzene rings is 2. The van der Waals surface area contributed by atoms with E-state index in [-0.39, 0.29) is 29.8 Å². The first-order chi connectivity index (χ1) is 27.5. The molecule has 2 saturated heterocycles. The molecule has 0 atom stereocenters. The Labute approximate surface area is 342 Å². The number of aromatic amines is 2. The highest BCUT2D eigenvalue weighted by atomic mass is 35.5. The summed E-state index contributed by atoms with van der Waals surface area (Å²) in [6, 6.07) is 15.1. The molecule has 13 nitrogen and oxygen atoms in total. The van der Waals surface area contributed by atoms with E-state index in [2.05, 4.69) is 68.1 Å². The molecular weight excluding hydrogens is 761 g/mol. The number of H-pyrrole nitrogens is 2. The monoisotopic (exact) mass is 809 g/mol. The lowest BCUT2D eigenvalue weighted by atomic mass is 9.87. The third kappa shape index (κ3) is 8.54. The number of amides is 2. The van der Waals surface area contributed by atoms with Crippen molar-refractivity contribution in [1.82, 2.24) is 40.5 Å². The number of nitrogens with one attached hydrogen (secondary N) is 4. The van der Waals surface area contributed by atoms with Crippen LogP contribution in [0.5, 0.6) is 0 Å². The molecule has 2 aromatic carbocycles. The number of carbonyl (C=O) groups excluding carboxylic acids is 2. The predicted molar refractivity (Wildman–Crippen MR) is 224 cm³/mol. The summed E-state index contributed by atoms with van der Waals surface area (Å²) in [6.45, 7) is 14.2. The van der Waals surface area contributed by atoms with Crippen molar-refractivity contribution < 1.29 is 23.5 Å². The topological polar surface area (TPSA) is 163 Å². The van der Waals surface area contributed by atoms with Crippen LogP contribution in [0.2, 0.25) is 0 Å². The fourth-order valence-electron chi connectivity index (χ4n) is 7.83. The summed E-state index contributed by atoms with van der Waals surface area (Å²) in [5, 5.41) is 5.70. The van der Waals surface area contributed by atoms with Gasteiger partial charge in [0.25, 0.3) is 11.8 Å². The maximum absolute atomic E-state index is 13.4. The Hall–Kier alpha value is -5.44. The van der Waals surface area contributed by atoms with Crippen LogP contribution in [0.1, 0.15) is 72.6 Å². The number of hydrogen-bond donors (Lipinski definition) is 4. The molecule has 2 amide bonds. The standard InChI is InChI=1S/C21H23N5O2.C15H11FN4O.C7H14O.ClH/c1-21(2)12-28-9-8-26(21)18-11-23-16-5-3-4-13(19(16)25-18)17-10-14-15(24-17)6-7-22-20(14)27;16-13-7-18-11-3-1-2-8(14(11)20-13)12-6-9-10(19-12)4-5-17-15(9)21;1-7(2)4-3-5-8-6-7;/h3-5,10-11,24H,6-9,12H2,1-2H3,(H,22,27);1-3,6-7,19H,4-5H2,(H,17,21);3-6H2,1-2H3;1H. The number of fused-ring (bicyclic) bond motifs is 4. The van der Waals surface area contributed by atoms with Crippen molar-refractivity contribution in [3.63, 3.8) is 0 Å². The molecule has 0 bridgehead atoms. The van der Waals surface area contributed by atoms with Gasteiger partial charge in [0.1, 0.15) is 16.9 Å². The van der Waals surface area contributed by atoms with Crippen LogP contribution in [-0.4, -0.2) is 93.3 Å². The van der Waals surface area contributed by atoms with Gasteiger partial charge in [-0.25, -0.2) is 15.0 Å². The van der Waals surface area contributed by atoms with Crippen LogP contribution in [-0.2, 0) is 22.3 Å². The summed E-state index contributed by atoms with van der Waals surface area (Å²) in [5.41, 5.74) is 9.67. The van der Waals surface area contributed by atoms with Gasteiger partial charge in [0, 0.05) is 73.0 Å². The van der Waals surface area contributed by atoms with Gasteiger partial charge in [0.15, 0.2) is 0 Å². The fourth-order valence-corrected chi connectivity index (χ4v) is 7.83. The number of hydrogen-bond acceptors (Lipinski definition) is 9. The van der Waals surface area contributed by atoms with Crippen LogP contribution in [0.4, 0.5) is 10.2 Å². The lowest BCUT2D eigenvalue weighted by Gasteiger charge is -2.42. The molecule has 0 unspecified atom stereocenters. The number of rotatable bonds is 3. The van der Waals surface area contributed by atoms with Crippen molar-refractivity contribution in [2.75, 3.05) is 51.0 Å². The first-order valence-corrected chi connectivity index (χ1v) is 19.6. The van der Waals surface area contributed by atoms with Crippen molar-refractivity contribution in [1.29, 1.82) is 0 Å². The maximum atomic E-state index is 13.4. The van der Waals surface area contributed by atoms with Gasteiger partial charge in [-0.05, 0) is 56.4 Å². The summed E-state index contributed by atoms with van der Waals surface area (Å²) in [7, 11) is 0. The van der Waals surface area contributed by atoms with Gasteiger partial charge in [-0.15, -0.1) is 12.4 Å². The van der Waals surface area contributed by atoms with Gasteiger partial charge in [0.05, 0.1) is 59.9 Å². The normalized spacial score (nSPS) is 18.0. The Bertz CT molecular complexity index is 2460. The molecule has 4 N–H and O–H groups in total. The Kier molecular flexibility index (Phi) is 11.8. The van der Waals surface area contributed by atoms with Crippen molar-refractivity contribution in [2.45, 2.75) is 58.9 Å². The number of carbonyl (C=O) groups is 2. The van der Waals surface area contributed by atoms with Gasteiger partial charge in [-0.1, -0.05) is 38.1 Å². The molecule has 304 valence electrons. The number of anilines is 1. The van der Waals surface area contributed by atoms with E-state index in [0.29, 0.717) is 48.3 Å². The molecule has 4 aliphatic rings. The van der Waals surface area contributed by atoms with E-state index >= 15 is 0 Å². The van der Waals surface area contributed by atoms with Crippen LogP contribution in [0.3, 0.4) is 0 Å². The van der Waals surface area contributed by atoms with E-state index in [9.17, 15) is 14.0 Å². The summed E-state index contributed by atoms with van der Waals surface area (Å²) < 4.78 is 24.3. The molecular formula is C43H49ClFN9O4. The molecule has 0 spiro atoms. The number of halogens is 2. The van der Waals surface area contributed by atoms with E-state index in [1.165, 1.54) is 12.8 Å². The molecule has 8 heterocycles. The van der Waals surface area contributed by atoms with Gasteiger partial charge in [-0.3, -0.25) is 14.6 Å². The second-order valence-corrected chi connectivity index (χ2v) is 16.3. The van der Waals surface area contributed by atoms with Crippen molar-refractivity contribution in [2.24, 2.45) is 5.41 Å². The Morgan fingerprint density at radius 1 is 0.724 bits per heavy atom. The molecule has 4 aliphatic heterocycles. The van der Waals surface area contributed by atoms with Crippen LogP contribution >= 0.6 is 12.4 Å². The Morgan fingerprint density at radius 3 is 1.81 bits per heavy atom. The average Bonchev–Trinajstić information content (AvgIpc) is 3.84.